The molecule has 0 fully saturated rings. The van der Waals surface area contributed by atoms with Crippen LogP contribution in [0, 0.1) is 5.41 Å². The summed E-state index contributed by atoms with van der Waals surface area (Å²) in [4.78, 5) is 4.95. The Morgan fingerprint density at radius 2 is 2.29 bits per heavy atom. The highest BCUT2D eigenvalue weighted by Gasteiger charge is 2.08. The maximum absolute atomic E-state index is 7.32. The fourth-order valence-electron chi connectivity index (χ4n) is 1.23. The number of aromatic nitrogens is 3. The number of nitrogens with zero attached hydrogens (tertiary/aromatic N) is 3. The summed E-state index contributed by atoms with van der Waals surface area (Å²) >= 11 is 7.53. The third-order valence-corrected chi connectivity index (χ3v) is 3.67. The van der Waals surface area contributed by atoms with Gasteiger partial charge in [-0.05, 0) is 23.9 Å². The maximum Gasteiger partial charge on any atom is 0.190 e. The van der Waals surface area contributed by atoms with Crippen LogP contribution in [0.25, 0.3) is 0 Å². The lowest BCUT2D eigenvalue weighted by atomic mass is 10.2. The van der Waals surface area contributed by atoms with E-state index in [4.69, 9.17) is 22.7 Å². The summed E-state index contributed by atoms with van der Waals surface area (Å²) in [5, 5.41) is 12.6. The second kappa shape index (κ2) is 4.77. The fourth-order valence-corrected chi connectivity index (χ4v) is 2.29. The molecule has 0 spiro atoms. The molecule has 0 aliphatic heterocycles. The van der Waals surface area contributed by atoms with E-state index in [9.17, 15) is 0 Å². The highest BCUT2D eigenvalue weighted by molar-refractivity contribution is 7.99. The third kappa shape index (κ3) is 2.59. The van der Waals surface area contributed by atoms with Crippen molar-refractivity contribution in [3.8, 4) is 0 Å². The van der Waals surface area contributed by atoms with Gasteiger partial charge in [-0.25, -0.2) is 9.67 Å². The second-order valence-electron chi connectivity index (χ2n) is 3.33. The predicted molar refractivity (Wildman–Crippen MR) is 67.6 cm³/mol. The Balaban J connectivity index is 2.29. The van der Waals surface area contributed by atoms with E-state index in [1.807, 2.05) is 13.1 Å². The van der Waals surface area contributed by atoms with Crippen LogP contribution in [-0.2, 0) is 7.05 Å². The van der Waals surface area contributed by atoms with Gasteiger partial charge in [-0.2, -0.15) is 5.10 Å². The van der Waals surface area contributed by atoms with Gasteiger partial charge in [0.25, 0.3) is 0 Å². The minimum absolute atomic E-state index is 0.00195. The van der Waals surface area contributed by atoms with Gasteiger partial charge in [-0.15, -0.1) is 0 Å². The van der Waals surface area contributed by atoms with Crippen LogP contribution in [0.4, 0.5) is 0 Å². The van der Waals surface area contributed by atoms with Gasteiger partial charge < -0.3 is 5.73 Å². The molecule has 0 aliphatic rings. The largest absolute Gasteiger partial charge is 0.384 e. The summed E-state index contributed by atoms with van der Waals surface area (Å²) in [6.07, 6.45) is 1.49. The Kier molecular flexibility index (Phi) is 3.35. The molecule has 3 N–H and O–H groups in total. The van der Waals surface area contributed by atoms with Crippen molar-refractivity contribution in [2.45, 2.75) is 10.1 Å². The zero-order valence-electron chi connectivity index (χ0n) is 9.01. The van der Waals surface area contributed by atoms with Gasteiger partial charge in [0.05, 0.1) is 5.02 Å². The number of hydrogen-bond acceptors (Lipinski definition) is 4. The van der Waals surface area contributed by atoms with Crippen molar-refractivity contribution in [3.05, 3.63) is 35.1 Å². The summed E-state index contributed by atoms with van der Waals surface area (Å²) in [6, 6.07) is 5.24. The summed E-state index contributed by atoms with van der Waals surface area (Å²) in [5.41, 5.74) is 5.99. The van der Waals surface area contributed by atoms with Gasteiger partial charge in [0, 0.05) is 17.5 Å². The molecule has 0 aliphatic carbocycles. The predicted octanol–water partition coefficient (Wildman–Crippen LogP) is 1.90. The van der Waals surface area contributed by atoms with Gasteiger partial charge in [-0.1, -0.05) is 17.7 Å². The number of halogens is 1. The monoisotopic (exact) mass is 267 g/mol. The number of nitrogens with one attached hydrogen (secondary N) is 1. The van der Waals surface area contributed by atoms with Crippen LogP contribution in [-0.4, -0.2) is 20.6 Å². The minimum atomic E-state index is 0.00195. The van der Waals surface area contributed by atoms with Gasteiger partial charge in [0.1, 0.15) is 12.2 Å². The lowest BCUT2D eigenvalue weighted by Gasteiger charge is -2.05. The lowest BCUT2D eigenvalue weighted by Crippen LogP contribution is -2.10. The van der Waals surface area contributed by atoms with Crippen molar-refractivity contribution in [1.82, 2.24) is 14.8 Å². The number of benzene rings is 1. The number of hydrogen-bond donors (Lipinski definition) is 2. The molecule has 1 aromatic heterocycles. The fraction of sp³-hybridized carbons (Fsp3) is 0.100. The van der Waals surface area contributed by atoms with E-state index >= 15 is 0 Å². The molecule has 2 aromatic rings. The van der Waals surface area contributed by atoms with Crippen LogP contribution in [0.2, 0.25) is 5.02 Å². The number of nitrogens with two attached hydrogens (primary N) is 1. The van der Waals surface area contributed by atoms with E-state index in [0.29, 0.717) is 10.6 Å². The molecule has 0 atom stereocenters. The van der Waals surface area contributed by atoms with E-state index in [0.717, 1.165) is 10.1 Å². The summed E-state index contributed by atoms with van der Waals surface area (Å²) < 4.78 is 1.67. The Labute approximate surface area is 107 Å². The Bertz CT molecular complexity index is 566. The molecule has 0 radical (unpaired) electrons. The molecule has 1 heterocycles. The zero-order chi connectivity index (χ0) is 12.4. The van der Waals surface area contributed by atoms with Crippen molar-refractivity contribution < 1.29 is 0 Å². The minimum Gasteiger partial charge on any atom is -0.384 e. The molecular weight excluding hydrogens is 258 g/mol. The average molecular weight is 268 g/mol. The topological polar surface area (TPSA) is 80.6 Å². The van der Waals surface area contributed by atoms with Crippen molar-refractivity contribution in [3.63, 3.8) is 0 Å². The summed E-state index contributed by atoms with van der Waals surface area (Å²) in [5.74, 6) is 0.00195. The van der Waals surface area contributed by atoms with Gasteiger partial charge in [-0.3, -0.25) is 5.41 Å². The van der Waals surface area contributed by atoms with Crippen molar-refractivity contribution in [2.75, 3.05) is 0 Å². The van der Waals surface area contributed by atoms with Crippen LogP contribution in [0.15, 0.2) is 34.6 Å². The highest BCUT2D eigenvalue weighted by Crippen LogP contribution is 2.32. The molecule has 0 saturated carbocycles. The van der Waals surface area contributed by atoms with Crippen molar-refractivity contribution in [1.29, 1.82) is 5.41 Å². The van der Waals surface area contributed by atoms with E-state index < -0.39 is 0 Å². The molecule has 88 valence electrons. The number of rotatable bonds is 3. The summed E-state index contributed by atoms with van der Waals surface area (Å²) in [6.45, 7) is 0. The first-order valence-corrected chi connectivity index (χ1v) is 5.93. The molecule has 1 aromatic carbocycles. The molecule has 0 saturated heterocycles. The van der Waals surface area contributed by atoms with E-state index in [1.54, 1.807) is 16.8 Å². The van der Waals surface area contributed by atoms with Gasteiger partial charge >= 0.3 is 0 Å². The molecular formula is C10H10ClN5S. The Hall–Kier alpha value is -1.53. The van der Waals surface area contributed by atoms with Crippen LogP contribution >= 0.6 is 23.4 Å². The van der Waals surface area contributed by atoms with Crippen LogP contribution in [0.3, 0.4) is 0 Å². The molecule has 7 heteroatoms. The van der Waals surface area contributed by atoms with E-state index in [2.05, 4.69) is 10.1 Å². The quantitative estimate of drug-likeness (QED) is 0.657. The number of amidine groups is 1. The van der Waals surface area contributed by atoms with Gasteiger partial charge in [0.15, 0.2) is 5.16 Å². The lowest BCUT2D eigenvalue weighted by molar-refractivity contribution is 0.685. The summed E-state index contributed by atoms with van der Waals surface area (Å²) in [7, 11) is 1.81. The molecule has 5 nitrogen and oxygen atoms in total. The maximum atomic E-state index is 7.32. The molecule has 0 bridgehead atoms. The normalized spacial score (nSPS) is 10.5. The van der Waals surface area contributed by atoms with E-state index in [1.165, 1.54) is 18.1 Å². The standard InChI is InChI=1S/C10H10ClN5S/c1-16-10(14-5-15-16)17-8-3-2-6(9(12)13)4-7(8)11/h2-5H,1H3,(H3,12,13). The SMILES string of the molecule is Cn1ncnc1Sc1ccc(C(=N)N)cc1Cl. The first-order valence-electron chi connectivity index (χ1n) is 4.73. The first kappa shape index (κ1) is 11.9. The van der Waals surface area contributed by atoms with Gasteiger partial charge in [0.2, 0.25) is 0 Å². The molecule has 17 heavy (non-hydrogen) atoms. The Morgan fingerprint density at radius 3 is 2.82 bits per heavy atom. The van der Waals surface area contributed by atoms with Crippen molar-refractivity contribution in [2.24, 2.45) is 12.8 Å². The van der Waals surface area contributed by atoms with Crippen LogP contribution < -0.4 is 5.73 Å². The highest BCUT2D eigenvalue weighted by atomic mass is 35.5. The smallest absolute Gasteiger partial charge is 0.190 e. The third-order valence-electron chi connectivity index (χ3n) is 2.11. The number of nitrogen functional groups attached to an aromatic ring is 1. The van der Waals surface area contributed by atoms with E-state index in [-0.39, 0.29) is 5.84 Å². The first-order chi connectivity index (χ1) is 8.08. The molecule has 2 rings (SSSR count). The zero-order valence-corrected chi connectivity index (χ0v) is 10.6. The molecule has 0 unspecified atom stereocenters. The Morgan fingerprint density at radius 1 is 1.53 bits per heavy atom. The van der Waals surface area contributed by atoms with Crippen molar-refractivity contribution >= 4 is 29.2 Å². The second-order valence-corrected chi connectivity index (χ2v) is 4.74. The van der Waals surface area contributed by atoms with Crippen LogP contribution in [0.5, 0.6) is 0 Å². The number of aryl methyl sites for hydroxylation is 1. The average Bonchev–Trinajstić information content (AvgIpc) is 2.67. The molecule has 0 amide bonds. The van der Waals surface area contributed by atoms with Crippen LogP contribution in [0.1, 0.15) is 5.56 Å².